The average molecular weight is 553 g/mol. The van der Waals surface area contributed by atoms with E-state index in [0.29, 0.717) is 25.2 Å². The molecule has 0 aliphatic carbocycles. The quantitative estimate of drug-likeness (QED) is 0.289. The molecule has 1 saturated heterocycles. The Morgan fingerprint density at radius 3 is 2.56 bits per heavy atom. The maximum absolute atomic E-state index is 5.60. The molecule has 2 aromatic carbocycles. The van der Waals surface area contributed by atoms with Crippen LogP contribution >= 0.6 is 24.0 Å². The molecule has 176 valence electrons. The minimum Gasteiger partial charge on any atom is -0.493 e. The lowest BCUT2D eigenvalue weighted by atomic mass is 9.97. The van der Waals surface area contributed by atoms with Gasteiger partial charge in [0.2, 0.25) is 0 Å². The van der Waals surface area contributed by atoms with Crippen LogP contribution in [0.2, 0.25) is 0 Å². The van der Waals surface area contributed by atoms with Gasteiger partial charge in [-0.05, 0) is 49.9 Å². The molecule has 7 heteroatoms. The molecule has 1 aliphatic heterocycles. The Morgan fingerprint density at radius 2 is 1.91 bits per heavy atom. The first-order valence-corrected chi connectivity index (χ1v) is 11.2. The Labute approximate surface area is 209 Å². The first-order valence-electron chi connectivity index (χ1n) is 11.2. The minimum absolute atomic E-state index is 0. The minimum atomic E-state index is 0. The van der Waals surface area contributed by atoms with Gasteiger partial charge in [0.25, 0.3) is 0 Å². The van der Waals surface area contributed by atoms with Gasteiger partial charge >= 0.3 is 0 Å². The van der Waals surface area contributed by atoms with Gasteiger partial charge in [-0.3, -0.25) is 9.89 Å². The molecule has 0 saturated carbocycles. The van der Waals surface area contributed by atoms with Gasteiger partial charge in [0.15, 0.2) is 17.5 Å². The van der Waals surface area contributed by atoms with E-state index in [1.54, 1.807) is 7.11 Å². The summed E-state index contributed by atoms with van der Waals surface area (Å²) in [7, 11) is 3.49. The predicted octanol–water partition coefficient (Wildman–Crippen LogP) is 4.43. The van der Waals surface area contributed by atoms with Crippen LogP contribution < -0.4 is 20.1 Å². The second-order valence-corrected chi connectivity index (χ2v) is 8.01. The van der Waals surface area contributed by atoms with Crippen LogP contribution in [0.1, 0.15) is 37.8 Å². The topological polar surface area (TPSA) is 58.1 Å². The van der Waals surface area contributed by atoms with Gasteiger partial charge in [-0.15, -0.1) is 24.0 Å². The van der Waals surface area contributed by atoms with Crippen molar-refractivity contribution in [3.05, 3.63) is 59.7 Å². The Balaban J connectivity index is 0.00000363. The van der Waals surface area contributed by atoms with Crippen molar-refractivity contribution in [3.63, 3.8) is 0 Å². The Bertz CT molecular complexity index is 847. The first kappa shape index (κ1) is 26.3. The maximum atomic E-state index is 5.60. The van der Waals surface area contributed by atoms with Gasteiger partial charge in [0.1, 0.15) is 0 Å². The second kappa shape index (κ2) is 13.5. The van der Waals surface area contributed by atoms with E-state index in [9.17, 15) is 0 Å². The van der Waals surface area contributed by atoms with Crippen molar-refractivity contribution >= 4 is 29.9 Å². The zero-order valence-electron chi connectivity index (χ0n) is 19.6. The number of benzene rings is 2. The molecule has 3 rings (SSSR count). The molecule has 0 radical (unpaired) electrons. The van der Waals surface area contributed by atoms with Gasteiger partial charge < -0.3 is 20.1 Å². The first-order chi connectivity index (χ1) is 15.1. The molecule has 0 spiro atoms. The van der Waals surface area contributed by atoms with Crippen molar-refractivity contribution in [1.29, 1.82) is 0 Å². The summed E-state index contributed by atoms with van der Waals surface area (Å²) in [6, 6.07) is 17.7. The highest BCUT2D eigenvalue weighted by molar-refractivity contribution is 14.0. The molecular weight excluding hydrogens is 515 g/mol. The molecule has 2 aromatic rings. The lowest BCUT2D eigenvalue weighted by Gasteiger charge is -2.38. The number of guanidine groups is 1. The maximum Gasteiger partial charge on any atom is 0.191 e. The van der Waals surface area contributed by atoms with Crippen LogP contribution in [0.5, 0.6) is 11.5 Å². The number of ether oxygens (including phenoxy) is 2. The summed E-state index contributed by atoms with van der Waals surface area (Å²) in [4.78, 5) is 6.99. The number of methoxy groups -OCH3 is 1. The number of piperidine rings is 1. The Kier molecular flexibility index (Phi) is 11.1. The molecule has 2 unspecified atom stereocenters. The number of rotatable bonds is 8. The fourth-order valence-electron chi connectivity index (χ4n) is 4.08. The number of nitrogens with zero attached hydrogens (tertiary/aromatic N) is 2. The fourth-order valence-corrected chi connectivity index (χ4v) is 4.08. The van der Waals surface area contributed by atoms with Crippen LogP contribution in [0, 0.1) is 0 Å². The average Bonchev–Trinajstić information content (AvgIpc) is 2.80. The third-order valence-corrected chi connectivity index (χ3v) is 5.79. The number of halogens is 1. The zero-order valence-corrected chi connectivity index (χ0v) is 22.0. The van der Waals surface area contributed by atoms with E-state index in [2.05, 4.69) is 63.8 Å². The lowest BCUT2D eigenvalue weighted by Crippen LogP contribution is -2.51. The smallest absolute Gasteiger partial charge is 0.191 e. The summed E-state index contributed by atoms with van der Waals surface area (Å²) in [5.41, 5.74) is 2.50. The van der Waals surface area contributed by atoms with Crippen LogP contribution in [0.3, 0.4) is 0 Å². The highest BCUT2D eigenvalue weighted by atomic mass is 127. The van der Waals surface area contributed by atoms with Crippen molar-refractivity contribution in [2.75, 3.05) is 27.3 Å². The van der Waals surface area contributed by atoms with E-state index in [1.807, 2.05) is 26.1 Å². The number of nitrogens with one attached hydrogen (secondary N) is 2. The van der Waals surface area contributed by atoms with E-state index >= 15 is 0 Å². The molecular formula is C25H37IN4O2. The predicted molar refractivity (Wildman–Crippen MR) is 142 cm³/mol. The molecule has 2 atom stereocenters. The highest BCUT2D eigenvalue weighted by Crippen LogP contribution is 2.28. The molecule has 0 amide bonds. The van der Waals surface area contributed by atoms with Crippen LogP contribution in [0.15, 0.2) is 53.5 Å². The van der Waals surface area contributed by atoms with E-state index in [0.717, 1.165) is 49.0 Å². The van der Waals surface area contributed by atoms with Crippen LogP contribution in [-0.2, 0) is 13.1 Å². The van der Waals surface area contributed by atoms with E-state index in [4.69, 9.17) is 9.47 Å². The van der Waals surface area contributed by atoms with Crippen molar-refractivity contribution < 1.29 is 9.47 Å². The number of aliphatic imine (C=N–C) groups is 1. The van der Waals surface area contributed by atoms with E-state index < -0.39 is 0 Å². The number of likely N-dealkylation sites (tertiary alicyclic amines) is 1. The lowest BCUT2D eigenvalue weighted by molar-refractivity contribution is 0.134. The molecule has 1 fully saturated rings. The van der Waals surface area contributed by atoms with E-state index in [-0.39, 0.29) is 24.0 Å². The molecule has 6 nitrogen and oxygen atoms in total. The van der Waals surface area contributed by atoms with Crippen LogP contribution in [-0.4, -0.2) is 50.3 Å². The summed E-state index contributed by atoms with van der Waals surface area (Å²) in [5, 5.41) is 7.04. The molecule has 2 N–H and O–H groups in total. The monoisotopic (exact) mass is 552 g/mol. The fraction of sp³-hybridized carbons (Fsp3) is 0.480. The molecule has 32 heavy (non-hydrogen) atoms. The number of hydrogen-bond acceptors (Lipinski definition) is 4. The second-order valence-electron chi connectivity index (χ2n) is 8.01. The number of hydrogen-bond donors (Lipinski definition) is 2. The van der Waals surface area contributed by atoms with Crippen molar-refractivity contribution in [3.8, 4) is 11.5 Å². The highest BCUT2D eigenvalue weighted by Gasteiger charge is 2.26. The van der Waals surface area contributed by atoms with Gasteiger partial charge in [0.05, 0.1) is 13.7 Å². The van der Waals surface area contributed by atoms with Crippen molar-refractivity contribution in [1.82, 2.24) is 15.5 Å². The van der Waals surface area contributed by atoms with E-state index in [1.165, 1.54) is 5.56 Å². The third-order valence-electron chi connectivity index (χ3n) is 5.79. The summed E-state index contributed by atoms with van der Waals surface area (Å²) >= 11 is 0. The third kappa shape index (κ3) is 7.55. The Morgan fingerprint density at radius 1 is 1.12 bits per heavy atom. The largest absolute Gasteiger partial charge is 0.493 e. The summed E-state index contributed by atoms with van der Waals surface area (Å²) in [6.07, 6.45) is 2.21. The van der Waals surface area contributed by atoms with Gasteiger partial charge in [-0.1, -0.05) is 36.4 Å². The molecule has 1 heterocycles. The Hall–Kier alpha value is -2.00. The molecule has 0 bridgehead atoms. The normalized spacial score (nSPS) is 19.1. The van der Waals surface area contributed by atoms with Crippen molar-refractivity contribution in [2.24, 2.45) is 4.99 Å². The van der Waals surface area contributed by atoms with Gasteiger partial charge in [-0.2, -0.15) is 0 Å². The summed E-state index contributed by atoms with van der Waals surface area (Å²) < 4.78 is 11.1. The SMILES string of the molecule is CCOc1ccc(CNC(=NC)NC2CCN(Cc3ccccc3)C(C)C2)cc1OC.I. The molecule has 1 aliphatic rings. The summed E-state index contributed by atoms with van der Waals surface area (Å²) in [5.74, 6) is 2.36. The summed E-state index contributed by atoms with van der Waals surface area (Å²) in [6.45, 7) is 7.68. The van der Waals surface area contributed by atoms with Gasteiger partial charge in [-0.25, -0.2) is 0 Å². The van der Waals surface area contributed by atoms with Crippen LogP contribution in [0.25, 0.3) is 0 Å². The zero-order chi connectivity index (χ0) is 22.1. The van der Waals surface area contributed by atoms with Crippen LogP contribution in [0.4, 0.5) is 0 Å². The molecule has 0 aromatic heterocycles. The standard InChI is InChI=1S/C25H36N4O2.HI/c1-5-31-23-12-11-21(16-24(23)30-4)17-27-25(26-3)28-22-13-14-29(19(2)15-22)18-20-9-7-6-8-10-20;/h6-12,16,19,22H,5,13-15,17-18H2,1-4H3,(H2,26,27,28);1H. The van der Waals surface area contributed by atoms with Gasteiger partial charge in [0, 0.05) is 38.8 Å². The van der Waals surface area contributed by atoms with Crippen molar-refractivity contribution in [2.45, 2.75) is 51.9 Å².